The maximum atomic E-state index is 9.75. The van der Waals surface area contributed by atoms with Crippen LogP contribution in [-0.2, 0) is 4.74 Å². The van der Waals surface area contributed by atoms with E-state index in [1.807, 2.05) is 32.5 Å². The predicted octanol–water partition coefficient (Wildman–Crippen LogP) is 1.65. The molecule has 1 saturated heterocycles. The third kappa shape index (κ3) is 6.74. The van der Waals surface area contributed by atoms with Gasteiger partial charge in [-0.25, -0.2) is 0 Å². The van der Waals surface area contributed by atoms with Gasteiger partial charge in [0, 0.05) is 18.3 Å². The van der Waals surface area contributed by atoms with Crippen molar-refractivity contribution in [1.29, 1.82) is 0 Å². The van der Waals surface area contributed by atoms with Crippen molar-refractivity contribution < 1.29 is 9.84 Å². The zero-order chi connectivity index (χ0) is 12.0. The van der Waals surface area contributed by atoms with Crippen LogP contribution in [0.4, 0.5) is 0 Å². The number of thioether (sulfide) groups is 1. The lowest BCUT2D eigenvalue weighted by molar-refractivity contribution is -0.0482. The van der Waals surface area contributed by atoms with Crippen LogP contribution in [0.1, 0.15) is 33.6 Å². The first-order valence-corrected chi connectivity index (χ1v) is 7.26. The van der Waals surface area contributed by atoms with Gasteiger partial charge in [-0.2, -0.15) is 11.8 Å². The van der Waals surface area contributed by atoms with Gasteiger partial charge in [0.1, 0.15) is 0 Å². The Balaban J connectivity index is 2.07. The van der Waals surface area contributed by atoms with Crippen molar-refractivity contribution in [3.63, 3.8) is 0 Å². The molecular weight excluding hydrogens is 222 g/mol. The number of hydrogen-bond donors (Lipinski definition) is 2. The highest BCUT2D eigenvalue weighted by atomic mass is 32.2. The SMILES string of the molecule is CC(C)(C)OCC(O)CNC1CCCSC1. The normalized spacial score (nSPS) is 24.4. The largest absolute Gasteiger partial charge is 0.389 e. The summed E-state index contributed by atoms with van der Waals surface area (Å²) in [4.78, 5) is 0. The first-order chi connectivity index (χ1) is 7.47. The van der Waals surface area contributed by atoms with Crippen molar-refractivity contribution in [1.82, 2.24) is 5.32 Å². The summed E-state index contributed by atoms with van der Waals surface area (Å²) in [7, 11) is 0. The van der Waals surface area contributed by atoms with Gasteiger partial charge in [-0.1, -0.05) is 0 Å². The second-order valence-corrected chi connectivity index (χ2v) is 6.55. The van der Waals surface area contributed by atoms with Crippen LogP contribution in [0.15, 0.2) is 0 Å². The van der Waals surface area contributed by atoms with Crippen molar-refractivity contribution in [2.45, 2.75) is 51.4 Å². The van der Waals surface area contributed by atoms with Gasteiger partial charge in [-0.15, -0.1) is 0 Å². The van der Waals surface area contributed by atoms with Gasteiger partial charge < -0.3 is 15.2 Å². The molecule has 1 rings (SSSR count). The van der Waals surface area contributed by atoms with E-state index in [2.05, 4.69) is 5.32 Å². The van der Waals surface area contributed by atoms with Gasteiger partial charge in [0.15, 0.2) is 0 Å². The molecule has 0 aromatic heterocycles. The summed E-state index contributed by atoms with van der Waals surface area (Å²) in [6.45, 7) is 7.07. The maximum absolute atomic E-state index is 9.75. The van der Waals surface area contributed by atoms with Crippen LogP contribution in [-0.4, -0.2) is 47.5 Å². The molecule has 1 fully saturated rings. The molecule has 0 radical (unpaired) electrons. The Bertz CT molecular complexity index is 188. The molecule has 0 bridgehead atoms. The Hall–Kier alpha value is 0.230. The van der Waals surface area contributed by atoms with E-state index < -0.39 is 6.10 Å². The summed E-state index contributed by atoms with van der Waals surface area (Å²) in [6.07, 6.45) is 2.13. The minimum Gasteiger partial charge on any atom is -0.389 e. The average Bonchev–Trinajstić information content (AvgIpc) is 2.24. The van der Waals surface area contributed by atoms with E-state index in [0.29, 0.717) is 19.2 Å². The molecule has 0 saturated carbocycles. The highest BCUT2D eigenvalue weighted by Crippen LogP contribution is 2.16. The van der Waals surface area contributed by atoms with Gasteiger partial charge in [-0.3, -0.25) is 0 Å². The Labute approximate surface area is 103 Å². The van der Waals surface area contributed by atoms with Crippen LogP contribution in [0.3, 0.4) is 0 Å². The van der Waals surface area contributed by atoms with Crippen LogP contribution in [0, 0.1) is 0 Å². The molecule has 2 N–H and O–H groups in total. The van der Waals surface area contributed by atoms with Crippen molar-refractivity contribution in [3.05, 3.63) is 0 Å². The molecule has 2 atom stereocenters. The van der Waals surface area contributed by atoms with Crippen molar-refractivity contribution >= 4 is 11.8 Å². The summed E-state index contributed by atoms with van der Waals surface area (Å²) >= 11 is 2.00. The molecule has 0 aliphatic carbocycles. The van der Waals surface area contributed by atoms with Crippen molar-refractivity contribution in [2.24, 2.45) is 0 Å². The zero-order valence-electron chi connectivity index (χ0n) is 10.7. The second kappa shape index (κ2) is 6.84. The molecule has 0 aromatic rings. The fourth-order valence-electron chi connectivity index (χ4n) is 1.61. The molecule has 4 heteroatoms. The lowest BCUT2D eigenvalue weighted by Crippen LogP contribution is -2.41. The topological polar surface area (TPSA) is 41.5 Å². The Morgan fingerprint density at radius 1 is 1.50 bits per heavy atom. The molecule has 96 valence electrons. The molecule has 0 spiro atoms. The zero-order valence-corrected chi connectivity index (χ0v) is 11.5. The standard InChI is InChI=1S/C12H25NO2S/c1-12(2,3)15-8-11(14)7-13-10-5-4-6-16-9-10/h10-11,13-14H,4-9H2,1-3H3. The summed E-state index contributed by atoms with van der Waals surface area (Å²) in [6, 6.07) is 0.572. The highest BCUT2D eigenvalue weighted by Gasteiger charge is 2.16. The quantitative estimate of drug-likeness (QED) is 0.775. The lowest BCUT2D eigenvalue weighted by atomic mass is 10.1. The predicted molar refractivity (Wildman–Crippen MR) is 70.1 cm³/mol. The average molecular weight is 247 g/mol. The van der Waals surface area contributed by atoms with E-state index in [9.17, 15) is 5.11 Å². The first kappa shape index (κ1) is 14.3. The van der Waals surface area contributed by atoms with E-state index in [1.54, 1.807) is 0 Å². The van der Waals surface area contributed by atoms with E-state index in [4.69, 9.17) is 4.74 Å². The van der Waals surface area contributed by atoms with Crippen LogP contribution >= 0.6 is 11.8 Å². The number of rotatable bonds is 5. The molecular formula is C12H25NO2S. The van der Waals surface area contributed by atoms with Gasteiger partial charge >= 0.3 is 0 Å². The molecule has 1 aliphatic rings. The fraction of sp³-hybridized carbons (Fsp3) is 1.00. The van der Waals surface area contributed by atoms with Crippen LogP contribution in [0.5, 0.6) is 0 Å². The van der Waals surface area contributed by atoms with E-state index in [0.717, 1.165) is 0 Å². The molecule has 1 heterocycles. The molecule has 16 heavy (non-hydrogen) atoms. The number of aliphatic hydroxyl groups is 1. The summed E-state index contributed by atoms with van der Waals surface area (Å²) in [5.41, 5.74) is -0.165. The molecule has 2 unspecified atom stereocenters. The fourth-order valence-corrected chi connectivity index (χ4v) is 2.72. The van der Waals surface area contributed by atoms with Gasteiger partial charge in [0.2, 0.25) is 0 Å². The Morgan fingerprint density at radius 3 is 2.81 bits per heavy atom. The number of nitrogens with one attached hydrogen (secondary N) is 1. The Morgan fingerprint density at radius 2 is 2.25 bits per heavy atom. The molecule has 3 nitrogen and oxygen atoms in total. The van der Waals surface area contributed by atoms with E-state index in [-0.39, 0.29) is 5.60 Å². The smallest absolute Gasteiger partial charge is 0.0898 e. The van der Waals surface area contributed by atoms with E-state index >= 15 is 0 Å². The van der Waals surface area contributed by atoms with Gasteiger partial charge in [0.05, 0.1) is 18.3 Å². The molecule has 0 amide bonds. The summed E-state index contributed by atoms with van der Waals surface area (Å²) in [5.74, 6) is 2.46. The minimum atomic E-state index is -0.397. The number of hydrogen-bond acceptors (Lipinski definition) is 4. The third-order valence-electron chi connectivity index (χ3n) is 2.51. The van der Waals surface area contributed by atoms with Gasteiger partial charge in [0.25, 0.3) is 0 Å². The minimum absolute atomic E-state index is 0.165. The second-order valence-electron chi connectivity index (χ2n) is 5.40. The first-order valence-electron chi connectivity index (χ1n) is 6.10. The van der Waals surface area contributed by atoms with E-state index in [1.165, 1.54) is 24.3 Å². The Kier molecular flexibility index (Phi) is 6.11. The van der Waals surface area contributed by atoms with Crippen molar-refractivity contribution in [3.8, 4) is 0 Å². The summed E-state index contributed by atoms with van der Waals surface area (Å²) < 4.78 is 5.54. The molecule has 1 aliphatic heterocycles. The monoisotopic (exact) mass is 247 g/mol. The van der Waals surface area contributed by atoms with Gasteiger partial charge in [-0.05, 0) is 39.4 Å². The summed E-state index contributed by atoms with van der Waals surface area (Å²) in [5, 5.41) is 13.2. The molecule has 0 aromatic carbocycles. The van der Waals surface area contributed by atoms with Crippen LogP contribution in [0.2, 0.25) is 0 Å². The number of aliphatic hydroxyl groups excluding tert-OH is 1. The number of ether oxygens (including phenoxy) is 1. The van der Waals surface area contributed by atoms with Crippen molar-refractivity contribution in [2.75, 3.05) is 24.7 Å². The third-order valence-corrected chi connectivity index (χ3v) is 3.73. The van der Waals surface area contributed by atoms with Crippen LogP contribution < -0.4 is 5.32 Å². The highest BCUT2D eigenvalue weighted by molar-refractivity contribution is 7.99. The lowest BCUT2D eigenvalue weighted by Gasteiger charge is -2.25. The maximum Gasteiger partial charge on any atom is 0.0898 e. The van der Waals surface area contributed by atoms with Crippen LogP contribution in [0.25, 0.3) is 0 Å².